The van der Waals surface area contributed by atoms with Crippen molar-refractivity contribution < 1.29 is 14.6 Å². The van der Waals surface area contributed by atoms with Crippen molar-refractivity contribution in [3.63, 3.8) is 0 Å². The van der Waals surface area contributed by atoms with Gasteiger partial charge in [-0.15, -0.1) is 0 Å². The van der Waals surface area contributed by atoms with E-state index in [1.807, 2.05) is 0 Å². The molecule has 5 fully saturated rings. The number of carbonyl (C=O) groups is 1. The average Bonchev–Trinajstić information content (AvgIpc) is 3.03. The van der Waals surface area contributed by atoms with Gasteiger partial charge in [0.1, 0.15) is 6.10 Å². The summed E-state index contributed by atoms with van der Waals surface area (Å²) in [5.74, 6) is 1.69. The quantitative estimate of drug-likeness (QED) is 0.328. The molecule has 0 aromatic heterocycles. The fourth-order valence-electron chi connectivity index (χ4n) is 11.0. The van der Waals surface area contributed by atoms with Gasteiger partial charge in [-0.05, 0) is 90.8 Å². The van der Waals surface area contributed by atoms with Crippen LogP contribution in [0.3, 0.4) is 0 Å². The summed E-state index contributed by atoms with van der Waals surface area (Å²) in [6.07, 6.45) is 12.4. The summed E-state index contributed by atoms with van der Waals surface area (Å²) in [6.45, 7) is 17.1. The van der Waals surface area contributed by atoms with E-state index in [4.69, 9.17) is 4.74 Å². The van der Waals surface area contributed by atoms with Crippen LogP contribution < -0.4 is 0 Å². The molecule has 0 amide bonds. The van der Waals surface area contributed by atoms with Crippen LogP contribution >= 0.6 is 0 Å². The van der Waals surface area contributed by atoms with Gasteiger partial charge in [-0.25, -0.2) is 0 Å². The molecule has 1 saturated heterocycles. The van der Waals surface area contributed by atoms with Crippen molar-refractivity contribution in [2.75, 3.05) is 0 Å². The smallest absolute Gasteiger partial charge is 0.313 e. The van der Waals surface area contributed by atoms with Crippen molar-refractivity contribution in [2.45, 2.75) is 118 Å². The van der Waals surface area contributed by atoms with Crippen LogP contribution in [0.5, 0.6) is 0 Å². The van der Waals surface area contributed by atoms with Gasteiger partial charge in [0.05, 0.1) is 11.5 Å². The topological polar surface area (TPSA) is 46.5 Å². The Balaban J connectivity index is 1.44. The highest BCUT2D eigenvalue weighted by Gasteiger charge is 2.71. The van der Waals surface area contributed by atoms with Crippen LogP contribution in [0.15, 0.2) is 11.6 Å². The Kier molecular flexibility index (Phi) is 4.31. The highest BCUT2D eigenvalue weighted by molar-refractivity contribution is 5.81. The van der Waals surface area contributed by atoms with Crippen LogP contribution in [0.25, 0.3) is 0 Å². The number of aliphatic hydroxyl groups excluding tert-OH is 1. The summed E-state index contributed by atoms with van der Waals surface area (Å²) in [5, 5.41) is 10.9. The molecular formula is C30H46O3. The molecule has 1 N–H and O–H groups in total. The summed E-state index contributed by atoms with van der Waals surface area (Å²) in [4.78, 5) is 13.3. The van der Waals surface area contributed by atoms with Crippen LogP contribution in [0.1, 0.15) is 106 Å². The molecule has 0 aromatic rings. The molecule has 1 spiro atoms. The number of fused-ring (bicyclic) bond motifs is 7. The lowest BCUT2D eigenvalue weighted by atomic mass is 9.33. The number of hydrogen-bond donors (Lipinski definition) is 1. The van der Waals surface area contributed by atoms with Gasteiger partial charge in [-0.2, -0.15) is 0 Å². The van der Waals surface area contributed by atoms with E-state index in [0.717, 1.165) is 44.9 Å². The molecule has 6 rings (SSSR count). The molecule has 9 atom stereocenters. The van der Waals surface area contributed by atoms with E-state index < -0.39 is 0 Å². The second-order valence-electron chi connectivity index (χ2n) is 15.2. The van der Waals surface area contributed by atoms with Crippen molar-refractivity contribution in [3.8, 4) is 0 Å². The first-order valence-corrected chi connectivity index (χ1v) is 13.8. The highest BCUT2D eigenvalue weighted by atomic mass is 16.6. The second-order valence-corrected chi connectivity index (χ2v) is 15.2. The Bertz CT molecular complexity index is 931. The monoisotopic (exact) mass is 454 g/mol. The first-order chi connectivity index (χ1) is 15.2. The molecule has 2 bridgehead atoms. The molecule has 184 valence electrons. The van der Waals surface area contributed by atoms with Gasteiger partial charge in [0, 0.05) is 11.8 Å². The first-order valence-electron chi connectivity index (χ1n) is 13.8. The maximum Gasteiger partial charge on any atom is 0.313 e. The molecule has 0 radical (unpaired) electrons. The third-order valence-electron chi connectivity index (χ3n) is 13.4. The lowest BCUT2D eigenvalue weighted by molar-refractivity contribution is -0.202. The lowest BCUT2D eigenvalue weighted by Crippen LogP contribution is -2.64. The molecule has 5 aliphatic carbocycles. The van der Waals surface area contributed by atoms with E-state index >= 15 is 0 Å². The third kappa shape index (κ3) is 2.44. The highest BCUT2D eigenvalue weighted by Crippen LogP contribution is 2.76. The van der Waals surface area contributed by atoms with Crippen LogP contribution in [-0.2, 0) is 9.53 Å². The van der Waals surface area contributed by atoms with Gasteiger partial charge < -0.3 is 9.84 Å². The SMILES string of the molecule is CC1(C)CC2C3=CCC4C5(C)CCC(O)C(C)(C)C5CCC4(C)[C@]3(C)CCC23CC1OC3=O. The number of allylic oxidation sites excluding steroid dienone is 2. The van der Waals surface area contributed by atoms with Crippen molar-refractivity contribution in [1.82, 2.24) is 0 Å². The number of hydrogen-bond acceptors (Lipinski definition) is 3. The molecule has 3 nitrogen and oxygen atoms in total. The minimum Gasteiger partial charge on any atom is -0.461 e. The van der Waals surface area contributed by atoms with E-state index in [2.05, 4.69) is 54.5 Å². The van der Waals surface area contributed by atoms with E-state index in [1.54, 1.807) is 5.57 Å². The number of ether oxygens (including phenoxy) is 1. The van der Waals surface area contributed by atoms with E-state index in [-0.39, 0.29) is 50.7 Å². The van der Waals surface area contributed by atoms with E-state index in [9.17, 15) is 9.90 Å². The van der Waals surface area contributed by atoms with Gasteiger partial charge in [0.15, 0.2) is 0 Å². The fourth-order valence-corrected chi connectivity index (χ4v) is 11.0. The molecule has 4 saturated carbocycles. The van der Waals surface area contributed by atoms with Crippen LogP contribution in [-0.4, -0.2) is 23.3 Å². The van der Waals surface area contributed by atoms with Crippen LogP contribution in [0.2, 0.25) is 0 Å². The van der Waals surface area contributed by atoms with Crippen molar-refractivity contribution >= 4 is 5.97 Å². The maximum absolute atomic E-state index is 13.3. The molecule has 6 aliphatic rings. The lowest BCUT2D eigenvalue weighted by Gasteiger charge is -2.70. The van der Waals surface area contributed by atoms with Gasteiger partial charge in [-0.3, -0.25) is 4.79 Å². The van der Waals surface area contributed by atoms with Gasteiger partial charge in [0.25, 0.3) is 0 Å². The Hall–Kier alpha value is -0.830. The van der Waals surface area contributed by atoms with Gasteiger partial charge in [-0.1, -0.05) is 60.1 Å². The fraction of sp³-hybridized carbons (Fsp3) is 0.900. The third-order valence-corrected chi connectivity index (χ3v) is 13.4. The molecule has 1 heterocycles. The van der Waals surface area contributed by atoms with Crippen LogP contribution in [0, 0.1) is 50.2 Å². The molecule has 1 aliphatic heterocycles. The molecule has 0 aromatic carbocycles. The maximum atomic E-state index is 13.3. The zero-order valence-electron chi connectivity index (χ0n) is 22.1. The number of aliphatic hydroxyl groups is 1. The standard InChI is InChI=1S/C30H46O3/c1-25(2)16-19-18-8-9-21-27(5)12-11-22(31)26(3,4)20(27)10-13-29(21,7)28(18,6)14-15-30(19)17-23(25)33-24(30)32/h8,19-23,31H,9-17H2,1-7H3/t19?,20?,21?,22?,23?,27?,28-,29?,30?/m1/s1. The minimum absolute atomic E-state index is 0.00807. The predicted octanol–water partition coefficient (Wildman–Crippen LogP) is 6.68. The molecular weight excluding hydrogens is 408 g/mol. The summed E-state index contributed by atoms with van der Waals surface area (Å²) in [6, 6.07) is 0. The van der Waals surface area contributed by atoms with Crippen molar-refractivity contribution in [3.05, 3.63) is 11.6 Å². The van der Waals surface area contributed by atoms with Crippen LogP contribution in [0.4, 0.5) is 0 Å². The average molecular weight is 455 g/mol. The second kappa shape index (κ2) is 6.29. The summed E-state index contributed by atoms with van der Waals surface area (Å²) in [7, 11) is 0. The summed E-state index contributed by atoms with van der Waals surface area (Å²) in [5.41, 5.74) is 2.11. The first kappa shape index (κ1) is 22.6. The Morgan fingerprint density at radius 2 is 1.64 bits per heavy atom. The molecule has 33 heavy (non-hydrogen) atoms. The number of esters is 1. The van der Waals surface area contributed by atoms with E-state index in [0.29, 0.717) is 17.8 Å². The largest absolute Gasteiger partial charge is 0.461 e. The zero-order valence-corrected chi connectivity index (χ0v) is 22.1. The number of carbonyl (C=O) groups excluding carboxylic acids is 1. The predicted molar refractivity (Wildman–Crippen MR) is 130 cm³/mol. The van der Waals surface area contributed by atoms with E-state index in [1.165, 1.54) is 12.8 Å². The summed E-state index contributed by atoms with van der Waals surface area (Å²) >= 11 is 0. The van der Waals surface area contributed by atoms with Crippen molar-refractivity contribution in [1.29, 1.82) is 0 Å². The Morgan fingerprint density at radius 3 is 2.36 bits per heavy atom. The minimum atomic E-state index is -0.257. The Labute approximate surface area is 201 Å². The molecule has 3 heteroatoms. The summed E-state index contributed by atoms with van der Waals surface area (Å²) < 4.78 is 6.03. The Morgan fingerprint density at radius 1 is 0.909 bits per heavy atom. The molecule has 8 unspecified atom stereocenters. The number of rotatable bonds is 0. The zero-order chi connectivity index (χ0) is 23.8. The van der Waals surface area contributed by atoms with Gasteiger partial charge in [0.2, 0.25) is 0 Å². The normalized spacial score (nSPS) is 55.9. The van der Waals surface area contributed by atoms with Gasteiger partial charge >= 0.3 is 5.97 Å². The van der Waals surface area contributed by atoms with Crippen molar-refractivity contribution in [2.24, 2.45) is 50.2 Å².